The number of benzene rings is 1. The summed E-state index contributed by atoms with van der Waals surface area (Å²) >= 11 is 0. The number of ether oxygens (including phenoxy) is 2. The topological polar surface area (TPSA) is 98.0 Å². The van der Waals surface area contributed by atoms with Gasteiger partial charge < -0.3 is 24.3 Å². The molecule has 0 saturated heterocycles. The van der Waals surface area contributed by atoms with E-state index in [2.05, 4.69) is 5.32 Å². The molecule has 0 bridgehead atoms. The molecule has 24 heavy (non-hydrogen) atoms. The minimum Gasteiger partial charge on any atom is -0.497 e. The molecule has 0 aliphatic heterocycles. The van der Waals surface area contributed by atoms with E-state index in [9.17, 15) is 9.59 Å². The van der Waals surface area contributed by atoms with Crippen molar-refractivity contribution in [1.29, 1.82) is 0 Å². The van der Waals surface area contributed by atoms with Gasteiger partial charge in [0.25, 0.3) is 5.91 Å². The Kier molecular flexibility index (Phi) is 6.39. The minimum absolute atomic E-state index is 0.0217. The molecular weight excluding hydrogens is 314 g/mol. The van der Waals surface area contributed by atoms with Crippen LogP contribution in [0.1, 0.15) is 32.9 Å². The average molecular weight is 333 g/mol. The van der Waals surface area contributed by atoms with Gasteiger partial charge in [-0.25, -0.2) is 4.79 Å². The van der Waals surface area contributed by atoms with Crippen LogP contribution in [0, 0.1) is 0 Å². The number of carboxylic acids is 1. The molecule has 7 heteroatoms. The number of hydrogen-bond donors (Lipinski definition) is 2. The number of nitrogens with one attached hydrogen (secondary N) is 1. The monoisotopic (exact) mass is 333 g/mol. The second-order valence-electron chi connectivity index (χ2n) is 5.01. The SMILES string of the molecule is COc1ccc(COCCCNC(=O)c2cc(C(=O)O)co2)cc1. The first-order valence-corrected chi connectivity index (χ1v) is 7.41. The number of hydrogen-bond acceptors (Lipinski definition) is 5. The first-order valence-electron chi connectivity index (χ1n) is 7.41. The highest BCUT2D eigenvalue weighted by molar-refractivity contribution is 5.95. The summed E-state index contributed by atoms with van der Waals surface area (Å²) < 4.78 is 15.5. The van der Waals surface area contributed by atoms with Crippen molar-refractivity contribution in [2.75, 3.05) is 20.3 Å². The fourth-order valence-electron chi connectivity index (χ4n) is 1.94. The lowest BCUT2D eigenvalue weighted by Gasteiger charge is -2.06. The van der Waals surface area contributed by atoms with E-state index in [1.54, 1.807) is 7.11 Å². The Bertz CT molecular complexity index is 677. The first-order chi connectivity index (χ1) is 11.6. The van der Waals surface area contributed by atoms with E-state index in [-0.39, 0.29) is 11.3 Å². The molecule has 128 valence electrons. The van der Waals surface area contributed by atoms with Gasteiger partial charge in [-0.1, -0.05) is 12.1 Å². The van der Waals surface area contributed by atoms with Crippen molar-refractivity contribution in [2.24, 2.45) is 0 Å². The Morgan fingerprint density at radius 1 is 1.25 bits per heavy atom. The van der Waals surface area contributed by atoms with Crippen LogP contribution in [0.4, 0.5) is 0 Å². The van der Waals surface area contributed by atoms with Crippen molar-refractivity contribution < 1.29 is 28.6 Å². The third-order valence-corrected chi connectivity index (χ3v) is 3.25. The quantitative estimate of drug-likeness (QED) is 0.684. The van der Waals surface area contributed by atoms with Gasteiger partial charge in [-0.15, -0.1) is 0 Å². The van der Waals surface area contributed by atoms with E-state index in [4.69, 9.17) is 19.0 Å². The van der Waals surface area contributed by atoms with Crippen LogP contribution in [-0.2, 0) is 11.3 Å². The maximum absolute atomic E-state index is 11.7. The summed E-state index contributed by atoms with van der Waals surface area (Å²) in [5.41, 5.74) is 0.986. The van der Waals surface area contributed by atoms with Crippen molar-refractivity contribution in [3.05, 3.63) is 53.5 Å². The van der Waals surface area contributed by atoms with Gasteiger partial charge in [0, 0.05) is 19.2 Å². The van der Waals surface area contributed by atoms with Crippen LogP contribution < -0.4 is 10.1 Å². The maximum atomic E-state index is 11.7. The molecule has 1 amide bonds. The number of amides is 1. The van der Waals surface area contributed by atoms with Crippen molar-refractivity contribution >= 4 is 11.9 Å². The molecular formula is C17H19NO6. The van der Waals surface area contributed by atoms with Crippen LogP contribution in [-0.4, -0.2) is 37.2 Å². The molecule has 0 aliphatic rings. The molecule has 0 spiro atoms. The van der Waals surface area contributed by atoms with Crippen LogP contribution in [0.2, 0.25) is 0 Å². The molecule has 0 radical (unpaired) electrons. The second kappa shape index (κ2) is 8.73. The molecule has 0 unspecified atom stereocenters. The Labute approximate surface area is 139 Å². The molecule has 0 saturated carbocycles. The van der Waals surface area contributed by atoms with E-state index in [1.807, 2.05) is 24.3 Å². The molecule has 2 N–H and O–H groups in total. The zero-order valence-corrected chi connectivity index (χ0v) is 13.3. The third kappa shape index (κ3) is 5.13. The highest BCUT2D eigenvalue weighted by Gasteiger charge is 2.13. The zero-order valence-electron chi connectivity index (χ0n) is 13.3. The zero-order chi connectivity index (χ0) is 17.4. The van der Waals surface area contributed by atoms with Crippen LogP contribution in [0.15, 0.2) is 41.0 Å². The van der Waals surface area contributed by atoms with Crippen molar-refractivity contribution in [3.8, 4) is 5.75 Å². The predicted molar refractivity (Wildman–Crippen MR) is 85.3 cm³/mol. The van der Waals surface area contributed by atoms with Crippen molar-refractivity contribution in [1.82, 2.24) is 5.32 Å². The first kappa shape index (κ1) is 17.6. The summed E-state index contributed by atoms with van der Waals surface area (Å²) in [6, 6.07) is 8.79. The second-order valence-corrected chi connectivity index (χ2v) is 5.01. The Morgan fingerprint density at radius 3 is 2.62 bits per heavy atom. The summed E-state index contributed by atoms with van der Waals surface area (Å²) in [5, 5.41) is 11.4. The number of furan rings is 1. The van der Waals surface area contributed by atoms with Gasteiger partial charge in [0.05, 0.1) is 19.3 Å². The minimum atomic E-state index is -1.13. The van der Waals surface area contributed by atoms with Gasteiger partial charge in [-0.2, -0.15) is 0 Å². The normalized spacial score (nSPS) is 10.4. The maximum Gasteiger partial charge on any atom is 0.338 e. The summed E-state index contributed by atoms with van der Waals surface area (Å²) in [5.74, 6) is -0.806. The number of carbonyl (C=O) groups excluding carboxylic acids is 1. The fraction of sp³-hybridized carbons (Fsp3) is 0.294. The number of rotatable bonds is 9. The van der Waals surface area contributed by atoms with E-state index in [1.165, 1.54) is 6.07 Å². The van der Waals surface area contributed by atoms with Gasteiger partial charge in [0.1, 0.15) is 12.0 Å². The van der Waals surface area contributed by atoms with Gasteiger partial charge in [0.15, 0.2) is 5.76 Å². The van der Waals surface area contributed by atoms with Gasteiger partial charge in [-0.3, -0.25) is 4.79 Å². The van der Waals surface area contributed by atoms with Crippen LogP contribution in [0.25, 0.3) is 0 Å². The molecule has 0 fully saturated rings. The lowest BCUT2D eigenvalue weighted by molar-refractivity contribution is 0.0695. The Morgan fingerprint density at radius 2 is 2.00 bits per heavy atom. The molecule has 1 aromatic heterocycles. The van der Waals surface area contributed by atoms with Gasteiger partial charge in [-0.05, 0) is 24.1 Å². The van der Waals surface area contributed by atoms with E-state index < -0.39 is 11.9 Å². The lowest BCUT2D eigenvalue weighted by atomic mass is 10.2. The van der Waals surface area contributed by atoms with E-state index >= 15 is 0 Å². The largest absolute Gasteiger partial charge is 0.497 e. The fourth-order valence-corrected chi connectivity index (χ4v) is 1.94. The molecule has 7 nitrogen and oxygen atoms in total. The summed E-state index contributed by atoms with van der Waals surface area (Å²) in [6.07, 6.45) is 1.67. The lowest BCUT2D eigenvalue weighted by Crippen LogP contribution is -2.24. The van der Waals surface area contributed by atoms with Gasteiger partial charge >= 0.3 is 5.97 Å². The van der Waals surface area contributed by atoms with Crippen LogP contribution in [0.3, 0.4) is 0 Å². The van der Waals surface area contributed by atoms with Gasteiger partial charge in [0.2, 0.25) is 0 Å². The van der Waals surface area contributed by atoms with E-state index in [0.29, 0.717) is 26.2 Å². The molecule has 2 rings (SSSR count). The Hall–Kier alpha value is -2.80. The molecule has 1 aromatic carbocycles. The molecule has 2 aromatic rings. The average Bonchev–Trinajstić information content (AvgIpc) is 3.09. The summed E-state index contributed by atoms with van der Waals surface area (Å²) in [7, 11) is 1.62. The number of aromatic carboxylic acids is 1. The van der Waals surface area contributed by atoms with Crippen molar-refractivity contribution in [3.63, 3.8) is 0 Å². The van der Waals surface area contributed by atoms with E-state index in [0.717, 1.165) is 17.6 Å². The van der Waals surface area contributed by atoms with Crippen molar-refractivity contribution in [2.45, 2.75) is 13.0 Å². The van der Waals surface area contributed by atoms with Crippen LogP contribution >= 0.6 is 0 Å². The molecule has 0 atom stereocenters. The van der Waals surface area contributed by atoms with Crippen LogP contribution in [0.5, 0.6) is 5.75 Å². The smallest absolute Gasteiger partial charge is 0.338 e. The number of methoxy groups -OCH3 is 1. The Balaban J connectivity index is 1.61. The highest BCUT2D eigenvalue weighted by atomic mass is 16.5. The predicted octanol–water partition coefficient (Wildman–Crippen LogP) is 2.32. The molecule has 0 aliphatic carbocycles. The third-order valence-electron chi connectivity index (χ3n) is 3.25. The standard InChI is InChI=1S/C17H19NO6/c1-22-14-5-3-12(4-6-14)10-23-8-2-7-18-16(19)15-9-13(11-24-15)17(20)21/h3-6,9,11H,2,7-8,10H2,1H3,(H,18,19)(H,20,21). The summed E-state index contributed by atoms with van der Waals surface area (Å²) in [4.78, 5) is 22.5. The highest BCUT2D eigenvalue weighted by Crippen LogP contribution is 2.12. The number of carbonyl (C=O) groups is 2. The number of carboxylic acid groups (broad SMARTS) is 1. The molecule has 1 heterocycles. The summed E-state index contributed by atoms with van der Waals surface area (Å²) in [6.45, 7) is 1.38.